The van der Waals surface area contributed by atoms with Crippen LogP contribution < -0.4 is 5.32 Å². The van der Waals surface area contributed by atoms with Crippen molar-refractivity contribution >= 4 is 17.9 Å². The standard InChI is InChI=1S/C23H25N5O2/c29-22(30)12-19(18-5-2-10-24-13-18)14-28-15-21(26-16-28)7-1-6-20-9-8-17-4-3-11-25-23(17)27-20/h1-2,5,7-10,13,15-16,19H,3-4,6,11-12,14H2,(H,25,27)(H,29,30)/b7-1-. The van der Waals surface area contributed by atoms with Gasteiger partial charge < -0.3 is 15.0 Å². The number of aryl methyl sites for hydroxylation is 1. The average molecular weight is 403 g/mol. The van der Waals surface area contributed by atoms with Gasteiger partial charge in [0.05, 0.1) is 18.4 Å². The predicted octanol–water partition coefficient (Wildman–Crippen LogP) is 3.55. The number of fused-ring (bicyclic) bond motifs is 1. The van der Waals surface area contributed by atoms with Crippen molar-refractivity contribution in [3.05, 3.63) is 77.8 Å². The number of anilines is 1. The molecule has 1 aliphatic heterocycles. The number of pyridine rings is 2. The Labute approximate surface area is 175 Å². The van der Waals surface area contributed by atoms with Gasteiger partial charge in [-0.3, -0.25) is 9.78 Å². The number of carboxylic acids is 1. The Kier molecular flexibility index (Phi) is 6.17. The van der Waals surface area contributed by atoms with E-state index >= 15 is 0 Å². The minimum absolute atomic E-state index is 0.0487. The molecule has 1 aliphatic rings. The van der Waals surface area contributed by atoms with E-state index in [2.05, 4.69) is 33.5 Å². The number of hydrogen-bond acceptors (Lipinski definition) is 5. The fourth-order valence-electron chi connectivity index (χ4n) is 3.72. The molecule has 1 atom stereocenters. The molecule has 4 rings (SSSR count). The summed E-state index contributed by atoms with van der Waals surface area (Å²) in [7, 11) is 0. The topological polar surface area (TPSA) is 92.9 Å². The lowest BCUT2D eigenvalue weighted by Gasteiger charge is -2.17. The molecule has 0 bridgehead atoms. The monoisotopic (exact) mass is 403 g/mol. The highest BCUT2D eigenvalue weighted by Crippen LogP contribution is 2.22. The van der Waals surface area contributed by atoms with Crippen LogP contribution >= 0.6 is 0 Å². The Bertz CT molecular complexity index is 1030. The molecule has 3 aromatic heterocycles. The van der Waals surface area contributed by atoms with Gasteiger partial charge in [-0.2, -0.15) is 0 Å². The van der Waals surface area contributed by atoms with Gasteiger partial charge in [0.25, 0.3) is 0 Å². The molecular formula is C23H25N5O2. The zero-order valence-electron chi connectivity index (χ0n) is 16.7. The van der Waals surface area contributed by atoms with Crippen LogP contribution in [0.25, 0.3) is 6.08 Å². The molecule has 7 nitrogen and oxygen atoms in total. The van der Waals surface area contributed by atoms with Crippen LogP contribution in [0.3, 0.4) is 0 Å². The minimum Gasteiger partial charge on any atom is -0.481 e. The molecule has 30 heavy (non-hydrogen) atoms. The first-order valence-electron chi connectivity index (χ1n) is 10.2. The first-order chi connectivity index (χ1) is 14.7. The summed E-state index contributed by atoms with van der Waals surface area (Å²) in [5, 5.41) is 12.6. The van der Waals surface area contributed by atoms with Crippen molar-refractivity contribution in [2.75, 3.05) is 11.9 Å². The molecule has 0 amide bonds. The molecule has 1 unspecified atom stereocenters. The van der Waals surface area contributed by atoms with Gasteiger partial charge in [-0.25, -0.2) is 9.97 Å². The van der Waals surface area contributed by atoms with Crippen molar-refractivity contribution < 1.29 is 9.90 Å². The third-order valence-electron chi connectivity index (χ3n) is 5.23. The normalized spacial score (nSPS) is 14.3. The number of carbonyl (C=O) groups is 1. The molecular weight excluding hydrogens is 378 g/mol. The molecule has 0 aliphatic carbocycles. The first-order valence-corrected chi connectivity index (χ1v) is 10.2. The third kappa shape index (κ3) is 5.11. The number of aromatic nitrogens is 4. The lowest BCUT2D eigenvalue weighted by atomic mass is 9.97. The Morgan fingerprint density at radius 2 is 2.27 bits per heavy atom. The zero-order valence-corrected chi connectivity index (χ0v) is 16.7. The molecule has 0 saturated heterocycles. The van der Waals surface area contributed by atoms with E-state index in [-0.39, 0.29) is 12.3 Å². The van der Waals surface area contributed by atoms with Crippen molar-refractivity contribution in [3.63, 3.8) is 0 Å². The largest absolute Gasteiger partial charge is 0.481 e. The van der Waals surface area contributed by atoms with E-state index in [1.165, 1.54) is 5.56 Å². The van der Waals surface area contributed by atoms with Gasteiger partial charge in [-0.15, -0.1) is 0 Å². The Morgan fingerprint density at radius 1 is 1.33 bits per heavy atom. The highest BCUT2D eigenvalue weighted by atomic mass is 16.4. The van der Waals surface area contributed by atoms with E-state index in [1.54, 1.807) is 18.7 Å². The molecule has 0 aromatic carbocycles. The number of imidazole rings is 1. The fourth-order valence-corrected chi connectivity index (χ4v) is 3.72. The van der Waals surface area contributed by atoms with Crippen LogP contribution in [0.5, 0.6) is 0 Å². The molecule has 0 spiro atoms. The molecule has 0 radical (unpaired) electrons. The van der Waals surface area contributed by atoms with Crippen molar-refractivity contribution in [1.29, 1.82) is 0 Å². The first kappa shape index (κ1) is 19.8. The van der Waals surface area contributed by atoms with E-state index in [1.807, 2.05) is 29.0 Å². The summed E-state index contributed by atoms with van der Waals surface area (Å²) in [5.74, 6) is 0.0295. The highest BCUT2D eigenvalue weighted by molar-refractivity contribution is 5.68. The Morgan fingerprint density at radius 3 is 3.10 bits per heavy atom. The van der Waals surface area contributed by atoms with E-state index in [0.717, 1.165) is 48.6 Å². The minimum atomic E-state index is -0.823. The number of aliphatic carboxylic acids is 1. The Balaban J connectivity index is 1.39. The predicted molar refractivity (Wildman–Crippen MR) is 115 cm³/mol. The second kappa shape index (κ2) is 9.35. The van der Waals surface area contributed by atoms with Gasteiger partial charge in [0.15, 0.2) is 0 Å². The quantitative estimate of drug-likeness (QED) is 0.598. The third-order valence-corrected chi connectivity index (χ3v) is 5.23. The maximum atomic E-state index is 11.3. The molecule has 7 heteroatoms. The summed E-state index contributed by atoms with van der Waals surface area (Å²) in [5.41, 5.74) is 4.07. The SMILES string of the molecule is O=C(O)CC(Cn1cnc(/C=C\Cc2ccc3c(n2)NCCC3)c1)c1cccnc1. The van der Waals surface area contributed by atoms with E-state index in [9.17, 15) is 9.90 Å². The smallest absolute Gasteiger partial charge is 0.304 e. The van der Waals surface area contributed by atoms with Gasteiger partial charge in [0, 0.05) is 49.7 Å². The summed E-state index contributed by atoms with van der Waals surface area (Å²) in [6, 6.07) is 7.99. The molecule has 4 heterocycles. The summed E-state index contributed by atoms with van der Waals surface area (Å²) in [6.07, 6.45) is 14.2. The van der Waals surface area contributed by atoms with Crippen molar-refractivity contribution in [3.8, 4) is 0 Å². The van der Waals surface area contributed by atoms with E-state index in [0.29, 0.717) is 6.54 Å². The van der Waals surface area contributed by atoms with E-state index in [4.69, 9.17) is 4.98 Å². The number of hydrogen-bond donors (Lipinski definition) is 2. The summed E-state index contributed by atoms with van der Waals surface area (Å²) < 4.78 is 1.93. The van der Waals surface area contributed by atoms with Crippen molar-refractivity contribution in [2.45, 2.75) is 38.1 Å². The van der Waals surface area contributed by atoms with Gasteiger partial charge >= 0.3 is 5.97 Å². The summed E-state index contributed by atoms with van der Waals surface area (Å²) >= 11 is 0. The Hall–Kier alpha value is -3.48. The van der Waals surface area contributed by atoms with Crippen LogP contribution in [0.1, 0.15) is 41.3 Å². The number of nitrogens with zero attached hydrogens (tertiary/aromatic N) is 4. The maximum absolute atomic E-state index is 11.3. The van der Waals surface area contributed by atoms with Crippen LogP contribution in [0, 0.1) is 0 Å². The van der Waals surface area contributed by atoms with Gasteiger partial charge in [0.2, 0.25) is 0 Å². The second-order valence-electron chi connectivity index (χ2n) is 7.52. The lowest BCUT2D eigenvalue weighted by Crippen LogP contribution is -2.13. The van der Waals surface area contributed by atoms with Crippen molar-refractivity contribution in [2.24, 2.45) is 0 Å². The van der Waals surface area contributed by atoms with Crippen LogP contribution in [0.15, 0.2) is 55.3 Å². The molecule has 0 saturated carbocycles. The second-order valence-corrected chi connectivity index (χ2v) is 7.52. The highest BCUT2D eigenvalue weighted by Gasteiger charge is 2.16. The molecule has 2 N–H and O–H groups in total. The summed E-state index contributed by atoms with van der Waals surface area (Å²) in [4.78, 5) is 24.5. The van der Waals surface area contributed by atoms with Crippen LogP contribution in [0.4, 0.5) is 5.82 Å². The van der Waals surface area contributed by atoms with Crippen LogP contribution in [-0.4, -0.2) is 37.1 Å². The van der Waals surface area contributed by atoms with Crippen LogP contribution in [-0.2, 0) is 24.2 Å². The van der Waals surface area contributed by atoms with Gasteiger partial charge in [-0.1, -0.05) is 18.2 Å². The fraction of sp³-hybridized carbons (Fsp3) is 0.304. The zero-order chi connectivity index (χ0) is 20.8. The van der Waals surface area contributed by atoms with Gasteiger partial charge in [-0.05, 0) is 42.2 Å². The van der Waals surface area contributed by atoms with Crippen molar-refractivity contribution in [1.82, 2.24) is 19.5 Å². The number of nitrogens with one attached hydrogen (secondary N) is 1. The molecule has 0 fully saturated rings. The maximum Gasteiger partial charge on any atom is 0.304 e. The average Bonchev–Trinajstić information content (AvgIpc) is 3.21. The van der Waals surface area contributed by atoms with E-state index < -0.39 is 5.97 Å². The number of allylic oxidation sites excluding steroid dienone is 1. The number of rotatable bonds is 8. The molecule has 154 valence electrons. The van der Waals surface area contributed by atoms with Gasteiger partial charge in [0.1, 0.15) is 5.82 Å². The summed E-state index contributed by atoms with van der Waals surface area (Å²) in [6.45, 7) is 1.52. The lowest BCUT2D eigenvalue weighted by molar-refractivity contribution is -0.137. The number of carboxylic acid groups (broad SMARTS) is 1. The van der Waals surface area contributed by atoms with Crippen LogP contribution in [0.2, 0.25) is 0 Å². The molecule has 3 aromatic rings.